The summed E-state index contributed by atoms with van der Waals surface area (Å²) in [6.45, 7) is -0.154. The Balaban J connectivity index is 1.95. The molecule has 2 amide bonds. The summed E-state index contributed by atoms with van der Waals surface area (Å²) < 4.78 is 54.0. The van der Waals surface area contributed by atoms with Gasteiger partial charge in [-0.2, -0.15) is 0 Å². The van der Waals surface area contributed by atoms with E-state index in [2.05, 4.69) is 0 Å². The second kappa shape index (κ2) is 5.49. The van der Waals surface area contributed by atoms with Crippen LogP contribution >= 0.6 is 0 Å². The zero-order valence-corrected chi connectivity index (χ0v) is 11.6. The van der Waals surface area contributed by atoms with Crippen LogP contribution in [-0.4, -0.2) is 23.3 Å². The summed E-state index contributed by atoms with van der Waals surface area (Å²) in [5.41, 5.74) is -1.32. The molecule has 0 aliphatic carbocycles. The van der Waals surface area contributed by atoms with Gasteiger partial charge in [0.2, 0.25) is 0 Å². The third-order valence-corrected chi connectivity index (χ3v) is 3.65. The number of imide groups is 1. The van der Waals surface area contributed by atoms with Gasteiger partial charge in [-0.05, 0) is 12.0 Å². The van der Waals surface area contributed by atoms with E-state index in [0.717, 1.165) is 5.56 Å². The molecule has 0 fully saturated rings. The van der Waals surface area contributed by atoms with Gasteiger partial charge in [-0.25, -0.2) is 17.6 Å². The standard InChI is InChI=1S/C16H9F4NO2/c17-11-9-10(12(18)14(20)13(11)19)16(23)21(15(9)22)7-6-8-4-2-1-3-5-8/h1-5H,6-7H2. The minimum atomic E-state index is -2.10. The first-order valence-electron chi connectivity index (χ1n) is 6.69. The van der Waals surface area contributed by atoms with E-state index in [1.54, 1.807) is 30.3 Å². The van der Waals surface area contributed by atoms with Crippen molar-refractivity contribution in [2.45, 2.75) is 6.42 Å². The first-order valence-corrected chi connectivity index (χ1v) is 6.69. The fraction of sp³-hybridized carbons (Fsp3) is 0.125. The van der Waals surface area contributed by atoms with Crippen molar-refractivity contribution in [2.24, 2.45) is 0 Å². The summed E-state index contributed by atoms with van der Waals surface area (Å²) in [5.74, 6) is -10.2. The lowest BCUT2D eigenvalue weighted by Crippen LogP contribution is -2.32. The molecule has 0 spiro atoms. The van der Waals surface area contributed by atoms with Gasteiger partial charge < -0.3 is 0 Å². The molecule has 0 N–H and O–H groups in total. The Morgan fingerprint density at radius 3 is 1.70 bits per heavy atom. The van der Waals surface area contributed by atoms with Crippen LogP contribution in [0.15, 0.2) is 30.3 Å². The Morgan fingerprint density at radius 1 is 0.739 bits per heavy atom. The SMILES string of the molecule is O=C1c2c(F)c(F)c(F)c(F)c2C(=O)N1CCc1ccccc1. The molecule has 118 valence electrons. The van der Waals surface area contributed by atoms with Crippen LogP contribution in [-0.2, 0) is 6.42 Å². The van der Waals surface area contributed by atoms with Crippen molar-refractivity contribution in [1.29, 1.82) is 0 Å². The zero-order valence-electron chi connectivity index (χ0n) is 11.6. The van der Waals surface area contributed by atoms with Crippen LogP contribution in [0.1, 0.15) is 26.3 Å². The molecule has 1 heterocycles. The molecule has 0 radical (unpaired) electrons. The summed E-state index contributed by atoms with van der Waals surface area (Å²) in [6.07, 6.45) is 0.251. The highest BCUT2D eigenvalue weighted by molar-refractivity contribution is 6.21. The van der Waals surface area contributed by atoms with Crippen LogP contribution in [0.3, 0.4) is 0 Å². The van der Waals surface area contributed by atoms with E-state index >= 15 is 0 Å². The summed E-state index contributed by atoms with van der Waals surface area (Å²) in [5, 5.41) is 0. The van der Waals surface area contributed by atoms with E-state index in [1.807, 2.05) is 0 Å². The number of amides is 2. The number of rotatable bonds is 3. The lowest BCUT2D eigenvalue weighted by molar-refractivity contribution is 0.0653. The largest absolute Gasteiger partial charge is 0.274 e. The molecule has 0 atom stereocenters. The number of nitrogens with zero attached hydrogens (tertiary/aromatic N) is 1. The molecule has 2 aromatic rings. The van der Waals surface area contributed by atoms with Crippen molar-refractivity contribution in [3.8, 4) is 0 Å². The average Bonchev–Trinajstić information content (AvgIpc) is 2.81. The summed E-state index contributed by atoms with van der Waals surface area (Å²) in [7, 11) is 0. The fourth-order valence-electron chi connectivity index (χ4n) is 2.48. The Morgan fingerprint density at radius 2 is 1.22 bits per heavy atom. The molecule has 0 unspecified atom stereocenters. The Labute approximate surface area is 128 Å². The van der Waals surface area contributed by atoms with Gasteiger partial charge in [0, 0.05) is 6.54 Å². The van der Waals surface area contributed by atoms with E-state index in [1.165, 1.54) is 0 Å². The predicted octanol–water partition coefficient (Wildman–Crippen LogP) is 3.08. The molecule has 3 nitrogen and oxygen atoms in total. The van der Waals surface area contributed by atoms with Gasteiger partial charge >= 0.3 is 0 Å². The van der Waals surface area contributed by atoms with Gasteiger partial charge in [0.25, 0.3) is 11.8 Å². The Kier molecular flexibility index (Phi) is 3.63. The molecule has 0 saturated carbocycles. The van der Waals surface area contributed by atoms with Gasteiger partial charge in [0.15, 0.2) is 23.3 Å². The van der Waals surface area contributed by atoms with Gasteiger partial charge in [-0.15, -0.1) is 0 Å². The smallest absolute Gasteiger partial charge is 0.264 e. The van der Waals surface area contributed by atoms with Crippen molar-refractivity contribution in [1.82, 2.24) is 4.90 Å². The maximum Gasteiger partial charge on any atom is 0.264 e. The number of carbonyl (C=O) groups is 2. The first kappa shape index (κ1) is 15.2. The summed E-state index contributed by atoms with van der Waals surface area (Å²) >= 11 is 0. The lowest BCUT2D eigenvalue weighted by Gasteiger charge is -2.13. The number of fused-ring (bicyclic) bond motifs is 1. The number of halogens is 4. The highest BCUT2D eigenvalue weighted by Gasteiger charge is 2.43. The van der Waals surface area contributed by atoms with Crippen LogP contribution < -0.4 is 0 Å². The third-order valence-electron chi connectivity index (χ3n) is 3.65. The number of carbonyl (C=O) groups excluding carboxylic acids is 2. The monoisotopic (exact) mass is 323 g/mol. The molecule has 1 aliphatic heterocycles. The molecule has 23 heavy (non-hydrogen) atoms. The number of hydrogen-bond acceptors (Lipinski definition) is 2. The highest BCUT2D eigenvalue weighted by atomic mass is 19.2. The van der Waals surface area contributed by atoms with Gasteiger partial charge in [-0.1, -0.05) is 30.3 Å². The van der Waals surface area contributed by atoms with E-state index in [9.17, 15) is 27.2 Å². The molecule has 2 aromatic carbocycles. The van der Waals surface area contributed by atoms with Crippen LogP contribution in [0.25, 0.3) is 0 Å². The highest BCUT2D eigenvalue weighted by Crippen LogP contribution is 2.31. The molecule has 7 heteroatoms. The average molecular weight is 323 g/mol. The Bertz CT molecular complexity index is 774. The topological polar surface area (TPSA) is 37.4 Å². The van der Waals surface area contributed by atoms with Crippen LogP contribution in [0.2, 0.25) is 0 Å². The van der Waals surface area contributed by atoms with Crippen molar-refractivity contribution < 1.29 is 27.2 Å². The quantitative estimate of drug-likeness (QED) is 0.377. The normalized spacial score (nSPS) is 13.7. The maximum atomic E-state index is 13.7. The van der Waals surface area contributed by atoms with E-state index < -0.39 is 46.2 Å². The molecule has 0 saturated heterocycles. The minimum absolute atomic E-state index is 0.154. The first-order chi connectivity index (χ1) is 10.9. The molecule has 3 rings (SSSR count). The molecule has 1 aliphatic rings. The lowest BCUT2D eigenvalue weighted by atomic mass is 10.1. The summed E-state index contributed by atoms with van der Waals surface area (Å²) in [4.78, 5) is 24.7. The molecular formula is C16H9F4NO2. The van der Waals surface area contributed by atoms with Gasteiger partial charge in [0.05, 0.1) is 11.1 Å². The van der Waals surface area contributed by atoms with E-state index in [0.29, 0.717) is 4.90 Å². The third kappa shape index (κ3) is 2.28. The second-order valence-electron chi connectivity index (χ2n) is 5.00. The van der Waals surface area contributed by atoms with E-state index in [-0.39, 0.29) is 13.0 Å². The van der Waals surface area contributed by atoms with Gasteiger partial charge in [0.1, 0.15) is 0 Å². The van der Waals surface area contributed by atoms with Crippen molar-refractivity contribution >= 4 is 11.8 Å². The van der Waals surface area contributed by atoms with Gasteiger partial charge in [-0.3, -0.25) is 14.5 Å². The van der Waals surface area contributed by atoms with Crippen molar-refractivity contribution in [2.75, 3.05) is 6.54 Å². The minimum Gasteiger partial charge on any atom is -0.274 e. The number of hydrogen-bond donors (Lipinski definition) is 0. The predicted molar refractivity (Wildman–Crippen MR) is 71.8 cm³/mol. The van der Waals surface area contributed by atoms with E-state index in [4.69, 9.17) is 0 Å². The number of benzene rings is 2. The van der Waals surface area contributed by atoms with Crippen molar-refractivity contribution in [3.05, 3.63) is 70.3 Å². The summed E-state index contributed by atoms with van der Waals surface area (Å²) in [6, 6.07) is 8.78. The maximum absolute atomic E-state index is 13.7. The fourth-order valence-corrected chi connectivity index (χ4v) is 2.48. The van der Waals surface area contributed by atoms with Crippen molar-refractivity contribution in [3.63, 3.8) is 0 Å². The van der Waals surface area contributed by atoms with Crippen LogP contribution in [0.5, 0.6) is 0 Å². The Hall–Kier alpha value is -2.70. The molecular weight excluding hydrogens is 314 g/mol. The second-order valence-corrected chi connectivity index (χ2v) is 5.00. The van der Waals surface area contributed by atoms with Crippen LogP contribution in [0, 0.1) is 23.3 Å². The molecule has 0 bridgehead atoms. The molecule has 0 aromatic heterocycles. The zero-order chi connectivity index (χ0) is 16.7. The van der Waals surface area contributed by atoms with Crippen LogP contribution in [0.4, 0.5) is 17.6 Å².